The quantitative estimate of drug-likeness (QED) is 0.858. The predicted octanol–water partition coefficient (Wildman–Crippen LogP) is 3.51. The van der Waals surface area contributed by atoms with Crippen LogP contribution in [0.5, 0.6) is 0 Å². The number of hydrogen-bond acceptors (Lipinski definition) is 2. The van der Waals surface area contributed by atoms with Gasteiger partial charge in [0.1, 0.15) is 0 Å². The van der Waals surface area contributed by atoms with Gasteiger partial charge in [-0.2, -0.15) is 0 Å². The topological polar surface area (TPSA) is 61.4 Å². The highest BCUT2D eigenvalue weighted by Crippen LogP contribution is 2.27. The summed E-state index contributed by atoms with van der Waals surface area (Å²) < 4.78 is 0. The molecule has 1 heterocycles. The summed E-state index contributed by atoms with van der Waals surface area (Å²) in [5, 5.41) is 5.98. The maximum atomic E-state index is 12.4. The first kappa shape index (κ1) is 19.3. The molecule has 1 saturated heterocycles. The SMILES string of the molecule is CC[C@@H](C)NC(=O)c1cccc([C@@H]2CCCN(C(=O)NC(C)C)C2)c1. The lowest BCUT2D eigenvalue weighted by atomic mass is 9.89. The van der Waals surface area contributed by atoms with E-state index in [9.17, 15) is 9.59 Å². The van der Waals surface area contributed by atoms with Crippen LogP contribution < -0.4 is 10.6 Å². The molecule has 2 atom stereocenters. The van der Waals surface area contributed by atoms with Gasteiger partial charge in [0.05, 0.1) is 0 Å². The predicted molar refractivity (Wildman–Crippen MR) is 101 cm³/mol. The summed E-state index contributed by atoms with van der Waals surface area (Å²) >= 11 is 0. The molecule has 0 spiro atoms. The molecule has 5 nitrogen and oxygen atoms in total. The highest BCUT2D eigenvalue weighted by atomic mass is 16.2. The van der Waals surface area contributed by atoms with Crippen molar-refractivity contribution >= 4 is 11.9 Å². The molecular weight excluding hydrogens is 314 g/mol. The van der Waals surface area contributed by atoms with Crippen LogP contribution in [0.15, 0.2) is 24.3 Å². The lowest BCUT2D eigenvalue weighted by Crippen LogP contribution is -2.47. The van der Waals surface area contributed by atoms with Gasteiger partial charge in [-0.15, -0.1) is 0 Å². The molecule has 0 bridgehead atoms. The number of nitrogens with one attached hydrogen (secondary N) is 2. The molecule has 0 radical (unpaired) electrons. The van der Waals surface area contributed by atoms with Gasteiger partial charge in [-0.25, -0.2) is 4.79 Å². The van der Waals surface area contributed by atoms with Crippen molar-refractivity contribution < 1.29 is 9.59 Å². The van der Waals surface area contributed by atoms with Crippen molar-refractivity contribution in [2.75, 3.05) is 13.1 Å². The molecule has 1 fully saturated rings. The first-order valence-electron chi connectivity index (χ1n) is 9.37. The summed E-state index contributed by atoms with van der Waals surface area (Å²) in [5.41, 5.74) is 1.83. The number of amides is 3. The zero-order valence-electron chi connectivity index (χ0n) is 15.8. The number of carbonyl (C=O) groups excluding carboxylic acids is 2. The van der Waals surface area contributed by atoms with Crippen LogP contribution in [0.1, 0.15) is 68.8 Å². The van der Waals surface area contributed by atoms with Crippen molar-refractivity contribution in [2.24, 2.45) is 0 Å². The number of carbonyl (C=O) groups is 2. The van der Waals surface area contributed by atoms with Crippen molar-refractivity contribution in [2.45, 2.75) is 65.0 Å². The molecule has 0 saturated carbocycles. The van der Waals surface area contributed by atoms with E-state index < -0.39 is 0 Å². The number of piperidine rings is 1. The Hall–Kier alpha value is -2.04. The molecular formula is C20H31N3O2. The van der Waals surface area contributed by atoms with Gasteiger partial charge < -0.3 is 15.5 Å². The second kappa shape index (κ2) is 8.88. The Labute approximate surface area is 151 Å². The van der Waals surface area contributed by atoms with Crippen LogP contribution in [0.3, 0.4) is 0 Å². The summed E-state index contributed by atoms with van der Waals surface area (Å²) in [7, 11) is 0. The monoisotopic (exact) mass is 345 g/mol. The molecule has 5 heteroatoms. The number of benzene rings is 1. The summed E-state index contributed by atoms with van der Waals surface area (Å²) in [5.74, 6) is 0.254. The molecule has 3 amide bonds. The van der Waals surface area contributed by atoms with Crippen LogP contribution in [0.2, 0.25) is 0 Å². The second-order valence-corrected chi connectivity index (χ2v) is 7.30. The van der Waals surface area contributed by atoms with Crippen molar-refractivity contribution in [3.05, 3.63) is 35.4 Å². The van der Waals surface area contributed by atoms with Gasteiger partial charge in [0.25, 0.3) is 5.91 Å². The number of rotatable bonds is 5. The zero-order chi connectivity index (χ0) is 18.4. The maximum Gasteiger partial charge on any atom is 0.317 e. The Balaban J connectivity index is 2.06. The van der Waals surface area contributed by atoms with Gasteiger partial charge in [0.15, 0.2) is 0 Å². The fourth-order valence-corrected chi connectivity index (χ4v) is 3.11. The molecule has 2 N–H and O–H groups in total. The van der Waals surface area contributed by atoms with Crippen LogP contribution in [0, 0.1) is 0 Å². The van der Waals surface area contributed by atoms with Gasteiger partial charge >= 0.3 is 6.03 Å². The summed E-state index contributed by atoms with van der Waals surface area (Å²) in [6.45, 7) is 9.50. The van der Waals surface area contributed by atoms with E-state index >= 15 is 0 Å². The van der Waals surface area contributed by atoms with Crippen LogP contribution >= 0.6 is 0 Å². The van der Waals surface area contributed by atoms with E-state index in [1.807, 2.05) is 43.9 Å². The van der Waals surface area contributed by atoms with Gasteiger partial charge in [-0.3, -0.25) is 4.79 Å². The van der Waals surface area contributed by atoms with E-state index in [2.05, 4.69) is 23.6 Å². The maximum absolute atomic E-state index is 12.4. The van der Waals surface area contributed by atoms with E-state index in [4.69, 9.17) is 0 Å². The van der Waals surface area contributed by atoms with Crippen molar-refractivity contribution in [3.8, 4) is 0 Å². The van der Waals surface area contributed by atoms with Gasteiger partial charge in [0, 0.05) is 36.7 Å². The highest BCUT2D eigenvalue weighted by molar-refractivity contribution is 5.94. The van der Waals surface area contributed by atoms with E-state index in [0.717, 1.165) is 31.4 Å². The normalized spacial score (nSPS) is 18.8. The second-order valence-electron chi connectivity index (χ2n) is 7.30. The number of likely N-dealkylation sites (tertiary alicyclic amines) is 1. The molecule has 2 rings (SSSR count). The minimum absolute atomic E-state index is 0.00497. The van der Waals surface area contributed by atoms with Gasteiger partial charge in [-0.05, 0) is 57.7 Å². The fourth-order valence-electron chi connectivity index (χ4n) is 3.11. The molecule has 1 aliphatic heterocycles. The average Bonchev–Trinajstić information content (AvgIpc) is 2.61. The van der Waals surface area contributed by atoms with Crippen LogP contribution in [0.4, 0.5) is 4.79 Å². The molecule has 1 aliphatic rings. The molecule has 0 aromatic heterocycles. The summed E-state index contributed by atoms with van der Waals surface area (Å²) in [6, 6.07) is 8.15. The Morgan fingerprint density at radius 1 is 1.24 bits per heavy atom. The van der Waals surface area contributed by atoms with Crippen LogP contribution in [0.25, 0.3) is 0 Å². The Morgan fingerprint density at radius 3 is 2.68 bits per heavy atom. The number of hydrogen-bond donors (Lipinski definition) is 2. The Morgan fingerprint density at radius 2 is 2.00 bits per heavy atom. The molecule has 0 aliphatic carbocycles. The number of nitrogens with zero attached hydrogens (tertiary/aromatic N) is 1. The third kappa shape index (κ3) is 5.48. The van der Waals surface area contributed by atoms with E-state index in [-0.39, 0.29) is 29.9 Å². The third-order valence-corrected chi connectivity index (χ3v) is 4.73. The molecule has 1 aromatic carbocycles. The van der Waals surface area contributed by atoms with Crippen molar-refractivity contribution in [1.82, 2.24) is 15.5 Å². The summed E-state index contributed by atoms with van der Waals surface area (Å²) in [4.78, 5) is 26.5. The van der Waals surface area contributed by atoms with E-state index in [0.29, 0.717) is 12.1 Å². The first-order valence-corrected chi connectivity index (χ1v) is 9.37. The Bertz CT molecular complexity index is 600. The minimum Gasteiger partial charge on any atom is -0.350 e. The fraction of sp³-hybridized carbons (Fsp3) is 0.600. The van der Waals surface area contributed by atoms with E-state index in [1.165, 1.54) is 0 Å². The van der Waals surface area contributed by atoms with Gasteiger partial charge in [-0.1, -0.05) is 19.1 Å². The lowest BCUT2D eigenvalue weighted by molar-refractivity contribution is 0.0939. The van der Waals surface area contributed by atoms with Crippen molar-refractivity contribution in [3.63, 3.8) is 0 Å². The highest BCUT2D eigenvalue weighted by Gasteiger charge is 2.25. The van der Waals surface area contributed by atoms with E-state index in [1.54, 1.807) is 0 Å². The lowest BCUT2D eigenvalue weighted by Gasteiger charge is -2.33. The third-order valence-electron chi connectivity index (χ3n) is 4.73. The summed E-state index contributed by atoms with van der Waals surface area (Å²) in [6.07, 6.45) is 2.94. The smallest absolute Gasteiger partial charge is 0.317 e. The van der Waals surface area contributed by atoms with Crippen LogP contribution in [-0.4, -0.2) is 42.0 Å². The van der Waals surface area contributed by atoms with Crippen molar-refractivity contribution in [1.29, 1.82) is 0 Å². The molecule has 0 unspecified atom stereocenters. The largest absolute Gasteiger partial charge is 0.350 e. The molecule has 138 valence electrons. The molecule has 1 aromatic rings. The minimum atomic E-state index is -0.0265. The number of urea groups is 1. The van der Waals surface area contributed by atoms with Crippen LogP contribution in [-0.2, 0) is 0 Å². The average molecular weight is 345 g/mol. The van der Waals surface area contributed by atoms with Gasteiger partial charge in [0.2, 0.25) is 0 Å². The zero-order valence-corrected chi connectivity index (χ0v) is 15.8. The first-order chi connectivity index (χ1) is 11.9. The standard InChI is InChI=1S/C20H31N3O2/c1-5-15(4)22-19(24)17-9-6-8-16(12-17)18-10-7-11-23(13-18)20(25)21-14(2)3/h6,8-9,12,14-15,18H,5,7,10-11,13H2,1-4H3,(H,21,25)(H,22,24)/t15-,18-/m1/s1. The Kier molecular flexibility index (Phi) is 6.85. The molecule has 25 heavy (non-hydrogen) atoms.